The normalized spacial score (nSPS) is 20.0. The maximum absolute atomic E-state index is 12.2. The summed E-state index contributed by atoms with van der Waals surface area (Å²) >= 11 is 0. The van der Waals surface area contributed by atoms with Crippen molar-refractivity contribution in [3.8, 4) is 5.75 Å². The molecule has 2 aromatic carbocycles. The summed E-state index contributed by atoms with van der Waals surface area (Å²) in [5, 5.41) is 2.99. The van der Waals surface area contributed by atoms with Gasteiger partial charge in [0.25, 0.3) is 0 Å². The number of benzene rings is 2. The number of hydrogen-bond donors (Lipinski definition) is 1. The van der Waals surface area contributed by atoms with E-state index in [2.05, 4.69) is 48.3 Å². The summed E-state index contributed by atoms with van der Waals surface area (Å²) in [6.45, 7) is 7.66. The minimum absolute atomic E-state index is 0.0190. The highest BCUT2D eigenvalue weighted by Crippen LogP contribution is 2.15. The van der Waals surface area contributed by atoms with E-state index in [1.807, 2.05) is 24.3 Å². The van der Waals surface area contributed by atoms with E-state index in [4.69, 9.17) is 9.47 Å². The van der Waals surface area contributed by atoms with Crippen LogP contribution < -0.4 is 10.1 Å². The van der Waals surface area contributed by atoms with Crippen LogP contribution in [0.15, 0.2) is 48.5 Å². The molecular weight excluding hydrogens is 352 g/mol. The zero-order valence-electron chi connectivity index (χ0n) is 17.0. The zero-order valence-corrected chi connectivity index (χ0v) is 17.0. The quantitative estimate of drug-likeness (QED) is 0.799. The van der Waals surface area contributed by atoms with Crippen molar-refractivity contribution < 1.29 is 14.3 Å². The molecule has 1 amide bonds. The number of rotatable bonds is 7. The number of carbonyl (C=O) groups excluding carboxylic acids is 1. The van der Waals surface area contributed by atoms with Crippen LogP contribution in [-0.2, 0) is 29.0 Å². The maximum Gasteiger partial charge on any atom is 0.224 e. The molecule has 28 heavy (non-hydrogen) atoms. The molecule has 1 N–H and O–H groups in total. The van der Waals surface area contributed by atoms with Crippen molar-refractivity contribution in [2.75, 3.05) is 20.2 Å². The minimum Gasteiger partial charge on any atom is -0.497 e. The third-order valence-corrected chi connectivity index (χ3v) is 4.94. The molecule has 2 unspecified atom stereocenters. The lowest BCUT2D eigenvalue weighted by atomic mass is 10.1. The SMILES string of the molecule is COc1ccc(CC(=O)NCc2ccc(CN3CC(C)OC(C)C3)cc2)cc1. The molecule has 0 radical (unpaired) electrons. The summed E-state index contributed by atoms with van der Waals surface area (Å²) in [6, 6.07) is 16.1. The summed E-state index contributed by atoms with van der Waals surface area (Å²) in [5.74, 6) is 0.816. The Morgan fingerprint density at radius 1 is 1.00 bits per heavy atom. The molecule has 3 rings (SSSR count). The van der Waals surface area contributed by atoms with Crippen molar-refractivity contribution >= 4 is 5.91 Å². The molecule has 0 saturated carbocycles. The van der Waals surface area contributed by atoms with E-state index in [9.17, 15) is 4.79 Å². The summed E-state index contributed by atoms with van der Waals surface area (Å²) in [6.07, 6.45) is 0.933. The number of ether oxygens (including phenoxy) is 2. The van der Waals surface area contributed by atoms with E-state index in [0.29, 0.717) is 13.0 Å². The third kappa shape index (κ3) is 6.08. The first-order valence-corrected chi connectivity index (χ1v) is 9.87. The lowest BCUT2D eigenvalue weighted by Gasteiger charge is -2.35. The highest BCUT2D eigenvalue weighted by atomic mass is 16.5. The Hall–Kier alpha value is -2.37. The summed E-state index contributed by atoms with van der Waals surface area (Å²) in [4.78, 5) is 14.6. The van der Waals surface area contributed by atoms with E-state index in [0.717, 1.165) is 36.5 Å². The second-order valence-electron chi connectivity index (χ2n) is 7.57. The van der Waals surface area contributed by atoms with Gasteiger partial charge in [0.1, 0.15) is 5.75 Å². The van der Waals surface area contributed by atoms with E-state index in [1.165, 1.54) is 5.56 Å². The Labute approximate surface area is 167 Å². The second kappa shape index (κ2) is 9.71. The largest absolute Gasteiger partial charge is 0.497 e. The average molecular weight is 383 g/mol. The molecule has 1 saturated heterocycles. The van der Waals surface area contributed by atoms with Crippen molar-refractivity contribution in [2.45, 2.75) is 45.6 Å². The topological polar surface area (TPSA) is 50.8 Å². The van der Waals surface area contributed by atoms with E-state index >= 15 is 0 Å². The van der Waals surface area contributed by atoms with Gasteiger partial charge in [-0.25, -0.2) is 0 Å². The van der Waals surface area contributed by atoms with Crippen molar-refractivity contribution in [1.29, 1.82) is 0 Å². The van der Waals surface area contributed by atoms with Gasteiger partial charge in [0.15, 0.2) is 0 Å². The maximum atomic E-state index is 12.2. The van der Waals surface area contributed by atoms with Gasteiger partial charge in [-0.15, -0.1) is 0 Å². The number of methoxy groups -OCH3 is 1. The van der Waals surface area contributed by atoms with Gasteiger partial charge in [-0.3, -0.25) is 9.69 Å². The summed E-state index contributed by atoms with van der Waals surface area (Å²) in [5.41, 5.74) is 3.37. The average Bonchev–Trinajstić information content (AvgIpc) is 2.67. The highest BCUT2D eigenvalue weighted by Gasteiger charge is 2.21. The molecule has 5 heteroatoms. The number of hydrogen-bond acceptors (Lipinski definition) is 4. The molecule has 1 heterocycles. The lowest BCUT2D eigenvalue weighted by Crippen LogP contribution is -2.44. The Morgan fingerprint density at radius 2 is 1.57 bits per heavy atom. The Kier molecular flexibility index (Phi) is 7.06. The molecular formula is C23H30N2O3. The monoisotopic (exact) mass is 382 g/mol. The summed E-state index contributed by atoms with van der Waals surface area (Å²) in [7, 11) is 1.63. The van der Waals surface area contributed by atoms with Crippen molar-refractivity contribution in [3.63, 3.8) is 0 Å². The molecule has 5 nitrogen and oxygen atoms in total. The van der Waals surface area contributed by atoms with Crippen LogP contribution in [0.25, 0.3) is 0 Å². The lowest BCUT2D eigenvalue weighted by molar-refractivity contribution is -0.120. The van der Waals surface area contributed by atoms with Crippen LogP contribution in [0, 0.1) is 0 Å². The highest BCUT2D eigenvalue weighted by molar-refractivity contribution is 5.78. The first kappa shape index (κ1) is 20.4. The molecule has 0 aromatic heterocycles. The fourth-order valence-electron chi connectivity index (χ4n) is 3.63. The Bertz CT molecular complexity index is 748. The number of nitrogens with one attached hydrogen (secondary N) is 1. The van der Waals surface area contributed by atoms with Crippen LogP contribution in [-0.4, -0.2) is 43.2 Å². The number of carbonyl (C=O) groups is 1. The second-order valence-corrected chi connectivity index (χ2v) is 7.57. The summed E-state index contributed by atoms with van der Waals surface area (Å²) < 4.78 is 10.9. The van der Waals surface area contributed by atoms with Crippen molar-refractivity contribution in [3.05, 3.63) is 65.2 Å². The van der Waals surface area contributed by atoms with Gasteiger partial charge >= 0.3 is 0 Å². The van der Waals surface area contributed by atoms with Gasteiger partial charge in [-0.05, 0) is 42.7 Å². The first-order chi connectivity index (χ1) is 13.5. The van der Waals surface area contributed by atoms with Gasteiger partial charge in [-0.2, -0.15) is 0 Å². The van der Waals surface area contributed by atoms with Crippen LogP contribution in [0.1, 0.15) is 30.5 Å². The molecule has 0 spiro atoms. The number of amides is 1. The molecule has 1 fully saturated rings. The molecule has 2 aromatic rings. The Balaban J connectivity index is 1.45. The van der Waals surface area contributed by atoms with Gasteiger partial charge in [-0.1, -0.05) is 36.4 Å². The molecule has 1 aliphatic heterocycles. The van der Waals surface area contributed by atoms with Gasteiger partial charge in [0, 0.05) is 26.2 Å². The minimum atomic E-state index is 0.0190. The van der Waals surface area contributed by atoms with Crippen LogP contribution in [0.4, 0.5) is 0 Å². The van der Waals surface area contributed by atoms with Crippen LogP contribution in [0.3, 0.4) is 0 Å². The number of morpholine rings is 1. The molecule has 150 valence electrons. The fraction of sp³-hybridized carbons (Fsp3) is 0.435. The standard InChI is InChI=1S/C23H30N2O3/c1-17-14-25(15-18(2)28-17)16-21-6-4-20(5-7-21)13-24-23(26)12-19-8-10-22(27-3)11-9-19/h4-11,17-18H,12-16H2,1-3H3,(H,24,26). The van der Waals surface area contributed by atoms with Gasteiger partial charge < -0.3 is 14.8 Å². The molecule has 0 aliphatic carbocycles. The van der Waals surface area contributed by atoms with Gasteiger partial charge in [0.05, 0.1) is 25.7 Å². The smallest absolute Gasteiger partial charge is 0.224 e. The van der Waals surface area contributed by atoms with Crippen LogP contribution in [0.2, 0.25) is 0 Å². The van der Waals surface area contributed by atoms with E-state index in [-0.39, 0.29) is 18.1 Å². The van der Waals surface area contributed by atoms with Crippen molar-refractivity contribution in [2.24, 2.45) is 0 Å². The Morgan fingerprint density at radius 3 is 2.18 bits per heavy atom. The van der Waals surface area contributed by atoms with Crippen LogP contribution in [0.5, 0.6) is 5.75 Å². The molecule has 1 aliphatic rings. The van der Waals surface area contributed by atoms with E-state index < -0.39 is 0 Å². The van der Waals surface area contributed by atoms with Crippen molar-refractivity contribution in [1.82, 2.24) is 10.2 Å². The third-order valence-electron chi connectivity index (χ3n) is 4.94. The number of nitrogens with zero attached hydrogens (tertiary/aromatic N) is 1. The predicted molar refractivity (Wildman–Crippen MR) is 110 cm³/mol. The first-order valence-electron chi connectivity index (χ1n) is 9.87. The van der Waals surface area contributed by atoms with Crippen LogP contribution >= 0.6 is 0 Å². The fourth-order valence-corrected chi connectivity index (χ4v) is 3.63. The van der Waals surface area contributed by atoms with E-state index in [1.54, 1.807) is 7.11 Å². The molecule has 2 atom stereocenters. The van der Waals surface area contributed by atoms with Gasteiger partial charge in [0.2, 0.25) is 5.91 Å². The zero-order chi connectivity index (χ0) is 19.9. The predicted octanol–water partition coefficient (Wildman–Crippen LogP) is 3.16. The molecule has 0 bridgehead atoms.